The predicted molar refractivity (Wildman–Crippen MR) is 67.0 cm³/mol. The van der Waals surface area contributed by atoms with Crippen LogP contribution in [0.1, 0.15) is 32.1 Å². The van der Waals surface area contributed by atoms with Gasteiger partial charge in [0.2, 0.25) is 5.91 Å². The summed E-state index contributed by atoms with van der Waals surface area (Å²) in [5.41, 5.74) is 0. The van der Waals surface area contributed by atoms with Gasteiger partial charge in [0.1, 0.15) is 0 Å². The Morgan fingerprint density at radius 1 is 1.44 bits per heavy atom. The lowest BCUT2D eigenvalue weighted by Crippen LogP contribution is -2.40. The zero-order valence-electron chi connectivity index (χ0n) is 9.96. The van der Waals surface area contributed by atoms with Gasteiger partial charge < -0.3 is 15.4 Å². The highest BCUT2D eigenvalue weighted by atomic mass is 35.5. The molecule has 1 aliphatic rings. The van der Waals surface area contributed by atoms with Crippen LogP contribution in [0, 0.1) is 0 Å². The van der Waals surface area contributed by atoms with Gasteiger partial charge in [0, 0.05) is 20.3 Å². The molecule has 1 aliphatic heterocycles. The molecule has 1 rings (SSSR count). The number of halogens is 1. The van der Waals surface area contributed by atoms with Gasteiger partial charge in [0.25, 0.3) is 0 Å². The Morgan fingerprint density at radius 3 is 2.88 bits per heavy atom. The van der Waals surface area contributed by atoms with Crippen molar-refractivity contribution in [3.8, 4) is 0 Å². The van der Waals surface area contributed by atoms with Gasteiger partial charge >= 0.3 is 0 Å². The first-order chi connectivity index (χ1) is 7.34. The van der Waals surface area contributed by atoms with Crippen LogP contribution < -0.4 is 10.6 Å². The van der Waals surface area contributed by atoms with Crippen LogP contribution in [0.3, 0.4) is 0 Å². The summed E-state index contributed by atoms with van der Waals surface area (Å²) in [5.74, 6) is 0.166. The Hall–Kier alpha value is -0.320. The summed E-state index contributed by atoms with van der Waals surface area (Å²) < 4.78 is 4.95. The van der Waals surface area contributed by atoms with Crippen LogP contribution in [0.25, 0.3) is 0 Å². The van der Waals surface area contributed by atoms with Gasteiger partial charge in [-0.25, -0.2) is 0 Å². The second kappa shape index (κ2) is 9.87. The second-order valence-electron chi connectivity index (χ2n) is 3.99. The normalized spacial score (nSPS) is 19.2. The van der Waals surface area contributed by atoms with Gasteiger partial charge in [-0.05, 0) is 38.6 Å². The Balaban J connectivity index is 0.00000225. The number of carbonyl (C=O) groups is 1. The van der Waals surface area contributed by atoms with Crippen molar-refractivity contribution in [1.82, 2.24) is 10.6 Å². The van der Waals surface area contributed by atoms with Crippen molar-refractivity contribution >= 4 is 18.3 Å². The Morgan fingerprint density at radius 2 is 2.25 bits per heavy atom. The number of amides is 1. The van der Waals surface area contributed by atoms with Gasteiger partial charge in [0.05, 0.1) is 6.04 Å². The number of methoxy groups -OCH3 is 1. The minimum atomic E-state index is 0. The number of rotatable bonds is 7. The van der Waals surface area contributed by atoms with E-state index in [0.29, 0.717) is 0 Å². The van der Waals surface area contributed by atoms with Crippen LogP contribution in [0.5, 0.6) is 0 Å². The van der Waals surface area contributed by atoms with Crippen LogP contribution in [0.15, 0.2) is 0 Å². The van der Waals surface area contributed by atoms with Crippen molar-refractivity contribution in [3.63, 3.8) is 0 Å². The summed E-state index contributed by atoms with van der Waals surface area (Å²) in [5, 5.41) is 6.14. The fourth-order valence-electron chi connectivity index (χ4n) is 1.79. The van der Waals surface area contributed by atoms with Crippen molar-refractivity contribution in [2.24, 2.45) is 0 Å². The molecule has 0 aromatic rings. The molecule has 1 amide bonds. The lowest BCUT2D eigenvalue weighted by atomic mass is 10.2. The molecule has 0 aromatic carbocycles. The van der Waals surface area contributed by atoms with Gasteiger partial charge in [-0.1, -0.05) is 0 Å². The summed E-state index contributed by atoms with van der Waals surface area (Å²) in [7, 11) is 1.72. The topological polar surface area (TPSA) is 50.4 Å². The van der Waals surface area contributed by atoms with Crippen molar-refractivity contribution in [2.75, 3.05) is 26.8 Å². The van der Waals surface area contributed by atoms with Crippen LogP contribution in [0.2, 0.25) is 0 Å². The highest BCUT2D eigenvalue weighted by molar-refractivity contribution is 5.85. The first-order valence-corrected chi connectivity index (χ1v) is 5.84. The SMILES string of the molecule is COCCCCCNC(=O)C1CCCN1.Cl. The summed E-state index contributed by atoms with van der Waals surface area (Å²) >= 11 is 0. The fourth-order valence-corrected chi connectivity index (χ4v) is 1.79. The minimum absolute atomic E-state index is 0. The third-order valence-corrected chi connectivity index (χ3v) is 2.70. The van der Waals surface area contributed by atoms with E-state index in [-0.39, 0.29) is 24.4 Å². The molecule has 0 spiro atoms. The Labute approximate surface area is 104 Å². The maximum Gasteiger partial charge on any atom is 0.237 e. The number of carbonyl (C=O) groups excluding carboxylic acids is 1. The Kier molecular flexibility index (Phi) is 9.68. The largest absolute Gasteiger partial charge is 0.385 e. The molecule has 5 heteroatoms. The molecule has 0 saturated carbocycles. The molecule has 1 unspecified atom stereocenters. The molecule has 1 heterocycles. The van der Waals surface area contributed by atoms with E-state index >= 15 is 0 Å². The van der Waals surface area contributed by atoms with Crippen LogP contribution in [-0.2, 0) is 9.53 Å². The second-order valence-corrected chi connectivity index (χ2v) is 3.99. The number of ether oxygens (including phenoxy) is 1. The molecule has 1 fully saturated rings. The maximum atomic E-state index is 11.5. The van der Waals surface area contributed by atoms with Crippen LogP contribution >= 0.6 is 12.4 Å². The summed E-state index contributed by atoms with van der Waals surface area (Å²) in [6.07, 6.45) is 5.34. The van der Waals surface area contributed by atoms with Gasteiger partial charge in [-0.15, -0.1) is 12.4 Å². The molecular weight excluding hydrogens is 228 g/mol. The summed E-state index contributed by atoms with van der Waals surface area (Å²) in [6, 6.07) is 0.0592. The average Bonchev–Trinajstić information content (AvgIpc) is 2.76. The molecule has 16 heavy (non-hydrogen) atoms. The lowest BCUT2D eigenvalue weighted by molar-refractivity contribution is -0.122. The molecule has 4 nitrogen and oxygen atoms in total. The molecule has 2 N–H and O–H groups in total. The monoisotopic (exact) mass is 250 g/mol. The van der Waals surface area contributed by atoms with Crippen molar-refractivity contribution in [2.45, 2.75) is 38.1 Å². The van der Waals surface area contributed by atoms with E-state index in [1.807, 2.05) is 0 Å². The van der Waals surface area contributed by atoms with E-state index in [4.69, 9.17) is 4.74 Å². The van der Waals surface area contributed by atoms with Gasteiger partial charge in [0.15, 0.2) is 0 Å². The zero-order chi connectivity index (χ0) is 10.9. The maximum absolute atomic E-state index is 11.5. The van der Waals surface area contributed by atoms with Crippen LogP contribution in [-0.4, -0.2) is 38.8 Å². The highest BCUT2D eigenvalue weighted by Crippen LogP contribution is 2.04. The molecule has 0 radical (unpaired) electrons. The van der Waals surface area contributed by atoms with E-state index in [9.17, 15) is 4.79 Å². The molecule has 1 atom stereocenters. The lowest BCUT2D eigenvalue weighted by Gasteiger charge is -2.10. The molecule has 0 aromatic heterocycles. The van der Waals surface area contributed by atoms with E-state index in [0.717, 1.165) is 51.8 Å². The first-order valence-electron chi connectivity index (χ1n) is 5.84. The van der Waals surface area contributed by atoms with Gasteiger partial charge in [-0.3, -0.25) is 4.79 Å². The number of nitrogens with one attached hydrogen (secondary N) is 2. The first kappa shape index (κ1) is 15.7. The smallest absolute Gasteiger partial charge is 0.237 e. The minimum Gasteiger partial charge on any atom is -0.385 e. The fraction of sp³-hybridized carbons (Fsp3) is 0.909. The summed E-state index contributed by atoms with van der Waals surface area (Å²) in [6.45, 7) is 2.59. The number of hydrogen-bond acceptors (Lipinski definition) is 3. The third-order valence-electron chi connectivity index (χ3n) is 2.70. The molecule has 0 aliphatic carbocycles. The quantitative estimate of drug-likeness (QED) is 0.666. The van der Waals surface area contributed by atoms with E-state index < -0.39 is 0 Å². The number of unbranched alkanes of at least 4 members (excludes halogenated alkanes) is 2. The van der Waals surface area contributed by atoms with Crippen molar-refractivity contribution in [1.29, 1.82) is 0 Å². The molecule has 0 bridgehead atoms. The standard InChI is InChI=1S/C11H22N2O2.ClH/c1-15-9-4-2-3-7-13-11(14)10-6-5-8-12-10;/h10,12H,2-9H2,1H3,(H,13,14);1H. The predicted octanol–water partition coefficient (Wildman–Crippen LogP) is 1.09. The molecular formula is C11H23ClN2O2. The number of hydrogen-bond donors (Lipinski definition) is 2. The van der Waals surface area contributed by atoms with E-state index in [1.54, 1.807) is 7.11 Å². The highest BCUT2D eigenvalue weighted by Gasteiger charge is 2.20. The third kappa shape index (κ3) is 6.30. The molecule has 96 valence electrons. The summed E-state index contributed by atoms with van der Waals surface area (Å²) in [4.78, 5) is 11.5. The van der Waals surface area contributed by atoms with Gasteiger partial charge in [-0.2, -0.15) is 0 Å². The van der Waals surface area contributed by atoms with Crippen LogP contribution in [0.4, 0.5) is 0 Å². The Bertz CT molecular complexity index is 185. The molecule has 1 saturated heterocycles. The van der Waals surface area contributed by atoms with Crippen molar-refractivity contribution < 1.29 is 9.53 Å². The zero-order valence-corrected chi connectivity index (χ0v) is 10.8. The average molecular weight is 251 g/mol. The van der Waals surface area contributed by atoms with Crippen molar-refractivity contribution in [3.05, 3.63) is 0 Å². The van der Waals surface area contributed by atoms with E-state index in [2.05, 4.69) is 10.6 Å². The van der Waals surface area contributed by atoms with E-state index in [1.165, 1.54) is 0 Å².